The topological polar surface area (TPSA) is 160 Å². The van der Waals surface area contributed by atoms with Gasteiger partial charge in [-0.05, 0) is 42.5 Å². The van der Waals surface area contributed by atoms with Crippen LogP contribution in [0.2, 0.25) is 0 Å². The van der Waals surface area contributed by atoms with Gasteiger partial charge in [0.25, 0.3) is 0 Å². The maximum absolute atomic E-state index is 12.9. The second-order valence-electron chi connectivity index (χ2n) is 8.52. The van der Waals surface area contributed by atoms with Crippen molar-refractivity contribution in [3.05, 3.63) is 82.4 Å². The number of benzene rings is 3. The highest BCUT2D eigenvalue weighted by Crippen LogP contribution is 2.57. The lowest BCUT2D eigenvalue weighted by Gasteiger charge is -2.36. The van der Waals surface area contributed by atoms with Crippen LogP contribution in [0.25, 0.3) is 0 Å². The van der Waals surface area contributed by atoms with Gasteiger partial charge in [-0.3, -0.25) is 0 Å². The summed E-state index contributed by atoms with van der Waals surface area (Å²) >= 11 is 0. The average molecular weight is 640 g/mol. The maximum atomic E-state index is 12.9. The zero-order valence-electron chi connectivity index (χ0n) is 19.8. The van der Waals surface area contributed by atoms with Crippen molar-refractivity contribution >= 4 is 32.2 Å². The van der Waals surface area contributed by atoms with E-state index in [1.165, 1.54) is 0 Å². The number of halogens is 6. The summed E-state index contributed by atoms with van der Waals surface area (Å²) in [4.78, 5) is 24.6. The summed E-state index contributed by atoms with van der Waals surface area (Å²) in [6, 6.07) is 7.84. The molecule has 0 atom stereocenters. The Hall–Kier alpha value is -4.52. The number of alkyl halides is 6. The van der Waals surface area contributed by atoms with Crippen LogP contribution < -0.4 is 13.1 Å². The first kappa shape index (κ1) is 29.0. The van der Waals surface area contributed by atoms with Crippen LogP contribution in [0.5, 0.6) is 23.0 Å². The fraction of sp³-hybridized carbons (Fsp3) is 0.130. The second-order valence-corrected chi connectivity index (χ2v) is 11.6. The van der Waals surface area contributed by atoms with E-state index in [9.17, 15) is 57.9 Å². The third kappa shape index (κ3) is 4.44. The first-order chi connectivity index (χ1) is 19.3. The molecular formula is C23H10F6O11S2. The smallest absolute Gasteiger partial charge is 0.478 e. The molecule has 2 heterocycles. The molecule has 3 aromatic carbocycles. The number of carbonyl (C=O) groups is 2. The highest BCUT2D eigenvalue weighted by Gasteiger charge is 2.55. The molecule has 42 heavy (non-hydrogen) atoms. The minimum atomic E-state index is -6.18. The molecule has 0 amide bonds. The lowest BCUT2D eigenvalue weighted by Crippen LogP contribution is -2.33. The number of fused-ring (bicyclic) bond motifs is 6. The lowest BCUT2D eigenvalue weighted by atomic mass is 9.77. The number of carboxylic acids is 1. The summed E-state index contributed by atoms with van der Waals surface area (Å²) in [5.41, 5.74) is -14.9. The molecule has 19 heteroatoms. The van der Waals surface area contributed by atoms with E-state index in [1.54, 1.807) is 0 Å². The molecule has 1 spiro atoms. The van der Waals surface area contributed by atoms with Gasteiger partial charge in [0.05, 0.1) is 11.1 Å². The van der Waals surface area contributed by atoms with E-state index in [2.05, 4.69) is 8.37 Å². The fourth-order valence-corrected chi connectivity index (χ4v) is 5.17. The van der Waals surface area contributed by atoms with E-state index >= 15 is 0 Å². The van der Waals surface area contributed by atoms with Crippen LogP contribution in [0.15, 0.2) is 54.6 Å². The Morgan fingerprint density at radius 2 is 1.21 bits per heavy atom. The van der Waals surface area contributed by atoms with Crippen LogP contribution in [0.4, 0.5) is 26.3 Å². The summed E-state index contributed by atoms with van der Waals surface area (Å²) < 4.78 is 143. The van der Waals surface area contributed by atoms with E-state index in [4.69, 9.17) is 9.47 Å². The van der Waals surface area contributed by atoms with E-state index in [-0.39, 0.29) is 27.8 Å². The quantitative estimate of drug-likeness (QED) is 0.182. The highest BCUT2D eigenvalue weighted by atomic mass is 32.2. The van der Waals surface area contributed by atoms with Gasteiger partial charge in [-0.25, -0.2) is 9.59 Å². The normalized spacial score (nSPS) is 15.6. The van der Waals surface area contributed by atoms with Crippen molar-refractivity contribution in [3.63, 3.8) is 0 Å². The predicted molar refractivity (Wildman–Crippen MR) is 123 cm³/mol. The molecule has 2 aliphatic heterocycles. The molecule has 0 aliphatic carbocycles. The predicted octanol–water partition coefficient (Wildman–Crippen LogP) is 4.41. The van der Waals surface area contributed by atoms with Crippen molar-refractivity contribution in [1.29, 1.82) is 0 Å². The average Bonchev–Trinajstić information content (AvgIpc) is 3.14. The van der Waals surface area contributed by atoms with Gasteiger partial charge < -0.3 is 22.9 Å². The van der Waals surface area contributed by atoms with Crippen LogP contribution in [-0.2, 0) is 30.6 Å². The molecule has 0 unspecified atom stereocenters. The van der Waals surface area contributed by atoms with E-state index in [1.807, 2.05) is 0 Å². The van der Waals surface area contributed by atoms with Crippen molar-refractivity contribution in [2.45, 2.75) is 16.6 Å². The monoisotopic (exact) mass is 640 g/mol. The Morgan fingerprint density at radius 1 is 0.738 bits per heavy atom. The number of ether oxygens (including phenoxy) is 2. The standard InChI is InChI=1S/C23H10F6O11S2/c24-22(25,26)41(33,34)39-11-2-5-14-17(8-11)37-18-9-12(40-42(35,36)23(27,28)29)3-6-15(18)21(14)16-7-10(19(30)31)1-4-13(16)20(32)38-21/h1-9H,(H,30,31). The van der Waals surface area contributed by atoms with Crippen molar-refractivity contribution in [3.8, 4) is 23.0 Å². The Morgan fingerprint density at radius 3 is 1.64 bits per heavy atom. The SMILES string of the molecule is O=C(O)c1ccc2c(c1)C1(OC2=O)c2ccc(OS(=O)(=O)C(F)(F)F)cc2Oc2cc(OS(=O)(=O)C(F)(F)F)ccc21. The fourth-order valence-electron chi connectivity index (χ4n) is 4.27. The molecule has 0 saturated heterocycles. The number of esters is 1. The minimum absolute atomic E-state index is 0.147. The minimum Gasteiger partial charge on any atom is -0.478 e. The van der Waals surface area contributed by atoms with Gasteiger partial charge in [-0.1, -0.05) is 0 Å². The largest absolute Gasteiger partial charge is 0.534 e. The first-order valence-electron chi connectivity index (χ1n) is 10.9. The highest BCUT2D eigenvalue weighted by molar-refractivity contribution is 7.88. The number of hydrogen-bond acceptors (Lipinski definition) is 10. The zero-order chi connectivity index (χ0) is 31.0. The van der Waals surface area contributed by atoms with E-state index < -0.39 is 71.8 Å². The second kappa shape index (κ2) is 8.99. The summed E-state index contributed by atoms with van der Waals surface area (Å²) in [5.74, 6) is -5.51. The molecule has 0 bridgehead atoms. The van der Waals surface area contributed by atoms with Gasteiger partial charge in [0, 0.05) is 28.8 Å². The third-order valence-electron chi connectivity index (χ3n) is 5.97. The van der Waals surface area contributed by atoms with Crippen LogP contribution >= 0.6 is 0 Å². The lowest BCUT2D eigenvalue weighted by molar-refractivity contribution is -0.0504. The Bertz CT molecular complexity index is 1800. The molecule has 0 radical (unpaired) electrons. The van der Waals surface area contributed by atoms with Gasteiger partial charge in [-0.2, -0.15) is 43.2 Å². The van der Waals surface area contributed by atoms with Gasteiger partial charge in [-0.15, -0.1) is 0 Å². The molecular weight excluding hydrogens is 630 g/mol. The molecule has 0 saturated carbocycles. The van der Waals surface area contributed by atoms with Crippen LogP contribution in [0.3, 0.4) is 0 Å². The first-order valence-corrected chi connectivity index (χ1v) is 13.7. The van der Waals surface area contributed by atoms with Crippen molar-refractivity contribution in [2.75, 3.05) is 0 Å². The van der Waals surface area contributed by atoms with E-state index in [0.717, 1.165) is 42.5 Å². The molecule has 0 fully saturated rings. The number of aromatic carboxylic acids is 1. The van der Waals surface area contributed by atoms with Crippen molar-refractivity contribution in [1.82, 2.24) is 0 Å². The summed E-state index contributed by atoms with van der Waals surface area (Å²) in [6.45, 7) is 0. The van der Waals surface area contributed by atoms with Crippen LogP contribution in [0, 0.1) is 0 Å². The zero-order valence-corrected chi connectivity index (χ0v) is 21.4. The molecule has 3 aromatic rings. The van der Waals surface area contributed by atoms with Crippen LogP contribution in [-0.4, -0.2) is 44.9 Å². The number of hydrogen-bond donors (Lipinski definition) is 1. The summed E-state index contributed by atoms with van der Waals surface area (Å²) in [7, 11) is -12.4. The summed E-state index contributed by atoms with van der Waals surface area (Å²) in [5, 5.41) is 9.50. The van der Waals surface area contributed by atoms with E-state index in [0.29, 0.717) is 12.1 Å². The molecule has 222 valence electrons. The number of carbonyl (C=O) groups excluding carboxylic acids is 1. The number of carboxylic acid groups (broad SMARTS) is 1. The maximum Gasteiger partial charge on any atom is 0.534 e. The van der Waals surface area contributed by atoms with Gasteiger partial charge >= 0.3 is 43.2 Å². The van der Waals surface area contributed by atoms with Gasteiger partial charge in [0.1, 0.15) is 23.0 Å². The Balaban J connectivity index is 1.74. The Labute approximate surface area is 230 Å². The molecule has 11 nitrogen and oxygen atoms in total. The molecule has 2 aliphatic rings. The van der Waals surface area contributed by atoms with Crippen molar-refractivity contribution < 1.29 is 75.7 Å². The third-order valence-corrected chi connectivity index (χ3v) is 7.93. The van der Waals surface area contributed by atoms with Gasteiger partial charge in [0.2, 0.25) is 0 Å². The number of rotatable bonds is 5. The van der Waals surface area contributed by atoms with Crippen LogP contribution in [0.1, 0.15) is 37.4 Å². The molecule has 0 aromatic heterocycles. The molecule has 5 rings (SSSR count). The summed E-state index contributed by atoms with van der Waals surface area (Å²) in [6.07, 6.45) is 0. The molecule has 1 N–H and O–H groups in total. The Kier molecular flexibility index (Phi) is 6.20. The van der Waals surface area contributed by atoms with Gasteiger partial charge in [0.15, 0.2) is 5.60 Å². The van der Waals surface area contributed by atoms with Crippen molar-refractivity contribution in [2.24, 2.45) is 0 Å².